The number of hydrogen-bond donors (Lipinski definition) is 2. The molecule has 0 saturated heterocycles. The van der Waals surface area contributed by atoms with Gasteiger partial charge in [0.2, 0.25) is 0 Å². The second-order valence-electron chi connectivity index (χ2n) is 5.75. The van der Waals surface area contributed by atoms with Crippen LogP contribution >= 0.6 is 0 Å². The van der Waals surface area contributed by atoms with Crippen LogP contribution in [-0.4, -0.2) is 33.0 Å². The number of nitrogens with zero attached hydrogens (tertiary/aromatic N) is 3. The highest BCUT2D eigenvalue weighted by Crippen LogP contribution is 2.12. The van der Waals surface area contributed by atoms with Crippen LogP contribution in [-0.2, 0) is 11.3 Å². The van der Waals surface area contributed by atoms with Gasteiger partial charge >= 0.3 is 6.09 Å². The molecular formula is C15H21N5O2. The molecule has 2 N–H and O–H groups in total. The normalized spacial score (nSPS) is 11.2. The lowest BCUT2D eigenvalue weighted by Crippen LogP contribution is -2.42. The van der Waals surface area contributed by atoms with Crippen molar-refractivity contribution in [1.82, 2.24) is 25.6 Å². The Kier molecular flexibility index (Phi) is 5.11. The highest BCUT2D eigenvalue weighted by molar-refractivity contribution is 5.66. The van der Waals surface area contributed by atoms with Gasteiger partial charge in [-0.2, -0.15) is 5.10 Å². The molecule has 7 heteroatoms. The fourth-order valence-electron chi connectivity index (χ4n) is 1.73. The Hall–Kier alpha value is -2.41. The van der Waals surface area contributed by atoms with Crippen molar-refractivity contribution in [1.29, 1.82) is 0 Å². The summed E-state index contributed by atoms with van der Waals surface area (Å²) in [4.78, 5) is 15.7. The molecule has 0 aliphatic rings. The molecular weight excluding hydrogens is 282 g/mol. The van der Waals surface area contributed by atoms with Crippen LogP contribution in [0.4, 0.5) is 4.79 Å². The maximum absolute atomic E-state index is 11.4. The Morgan fingerprint density at radius 1 is 1.27 bits per heavy atom. The molecule has 1 heterocycles. The molecule has 2 rings (SSSR count). The second-order valence-corrected chi connectivity index (χ2v) is 5.75. The average Bonchev–Trinajstić information content (AvgIpc) is 2.91. The summed E-state index contributed by atoms with van der Waals surface area (Å²) in [7, 11) is 0. The number of benzene rings is 1. The van der Waals surface area contributed by atoms with Crippen LogP contribution in [0.5, 0.6) is 0 Å². The Morgan fingerprint density at radius 2 is 2.00 bits per heavy atom. The van der Waals surface area contributed by atoms with Crippen LogP contribution < -0.4 is 10.9 Å². The lowest BCUT2D eigenvalue weighted by molar-refractivity contribution is 0.0497. The van der Waals surface area contributed by atoms with Gasteiger partial charge in [0.15, 0.2) is 5.82 Å². The van der Waals surface area contributed by atoms with Crippen molar-refractivity contribution in [3.8, 4) is 11.4 Å². The summed E-state index contributed by atoms with van der Waals surface area (Å²) in [6, 6.07) is 9.77. The van der Waals surface area contributed by atoms with Crippen molar-refractivity contribution in [3.05, 3.63) is 36.7 Å². The summed E-state index contributed by atoms with van der Waals surface area (Å²) in [5.41, 5.74) is 5.73. The molecule has 1 aromatic heterocycles. The molecule has 1 aromatic carbocycles. The first-order valence-electron chi connectivity index (χ1n) is 7.11. The zero-order chi connectivity index (χ0) is 16.0. The van der Waals surface area contributed by atoms with Gasteiger partial charge in [-0.15, -0.1) is 0 Å². The zero-order valence-electron chi connectivity index (χ0n) is 13.0. The van der Waals surface area contributed by atoms with Crippen LogP contribution in [0.2, 0.25) is 0 Å². The summed E-state index contributed by atoms with van der Waals surface area (Å²) < 4.78 is 6.82. The van der Waals surface area contributed by atoms with E-state index in [9.17, 15) is 4.79 Å². The van der Waals surface area contributed by atoms with Gasteiger partial charge in [0, 0.05) is 12.1 Å². The molecule has 0 radical (unpaired) electrons. The van der Waals surface area contributed by atoms with Crippen LogP contribution in [0.25, 0.3) is 11.4 Å². The number of rotatable bonds is 5. The maximum atomic E-state index is 11.4. The fourth-order valence-corrected chi connectivity index (χ4v) is 1.73. The van der Waals surface area contributed by atoms with Gasteiger partial charge < -0.3 is 4.74 Å². The first kappa shape index (κ1) is 16.0. The van der Waals surface area contributed by atoms with E-state index in [1.165, 1.54) is 0 Å². The quantitative estimate of drug-likeness (QED) is 0.652. The number of amides is 1. The number of nitrogens with one attached hydrogen (secondary N) is 2. The third kappa shape index (κ3) is 5.17. The molecule has 7 nitrogen and oxygen atoms in total. The average molecular weight is 303 g/mol. The van der Waals surface area contributed by atoms with E-state index in [1.807, 2.05) is 51.1 Å². The highest BCUT2D eigenvalue weighted by Gasteiger charge is 2.15. The van der Waals surface area contributed by atoms with Crippen molar-refractivity contribution in [2.24, 2.45) is 0 Å². The van der Waals surface area contributed by atoms with Crippen LogP contribution in [0.3, 0.4) is 0 Å². The predicted octanol–water partition coefficient (Wildman–Crippen LogP) is 1.97. The van der Waals surface area contributed by atoms with Crippen molar-refractivity contribution in [3.63, 3.8) is 0 Å². The van der Waals surface area contributed by atoms with Gasteiger partial charge in [-0.1, -0.05) is 30.3 Å². The van der Waals surface area contributed by atoms with Crippen molar-refractivity contribution in [2.75, 3.05) is 6.54 Å². The van der Waals surface area contributed by atoms with E-state index in [0.717, 1.165) is 5.56 Å². The standard InChI is InChI=1S/C15H21N5O2/c1-15(2,3)22-14(21)18-17-9-10-20-11-16-13(19-20)12-7-5-4-6-8-12/h4-8,11,17H,9-10H2,1-3H3,(H,18,21). The monoisotopic (exact) mass is 303 g/mol. The molecule has 0 atom stereocenters. The highest BCUT2D eigenvalue weighted by atomic mass is 16.6. The molecule has 0 aliphatic heterocycles. The van der Waals surface area contributed by atoms with Gasteiger partial charge in [-0.3, -0.25) is 10.1 Å². The number of ether oxygens (including phenoxy) is 1. The number of aromatic nitrogens is 3. The largest absolute Gasteiger partial charge is 0.443 e. The SMILES string of the molecule is CC(C)(C)OC(=O)NNCCn1cnc(-c2ccccc2)n1. The van der Waals surface area contributed by atoms with E-state index in [1.54, 1.807) is 11.0 Å². The smallest absolute Gasteiger partial charge is 0.422 e. The molecule has 2 aromatic rings. The minimum atomic E-state index is -0.512. The van der Waals surface area contributed by atoms with Crippen LogP contribution in [0, 0.1) is 0 Å². The van der Waals surface area contributed by atoms with Crippen molar-refractivity contribution >= 4 is 6.09 Å². The number of hydrogen-bond acceptors (Lipinski definition) is 5. The number of carbonyl (C=O) groups excluding carboxylic acids is 1. The predicted molar refractivity (Wildman–Crippen MR) is 82.8 cm³/mol. The zero-order valence-corrected chi connectivity index (χ0v) is 13.0. The van der Waals surface area contributed by atoms with Gasteiger partial charge in [0.05, 0.1) is 6.54 Å². The Bertz CT molecular complexity index is 604. The summed E-state index contributed by atoms with van der Waals surface area (Å²) in [5.74, 6) is 0.681. The molecule has 22 heavy (non-hydrogen) atoms. The molecule has 0 spiro atoms. The van der Waals surface area contributed by atoms with E-state index in [-0.39, 0.29) is 0 Å². The first-order valence-corrected chi connectivity index (χ1v) is 7.11. The molecule has 118 valence electrons. The van der Waals surface area contributed by atoms with E-state index in [2.05, 4.69) is 20.9 Å². The Balaban J connectivity index is 1.74. The number of carbonyl (C=O) groups is 1. The van der Waals surface area contributed by atoms with Crippen molar-refractivity contribution in [2.45, 2.75) is 32.9 Å². The summed E-state index contributed by atoms with van der Waals surface area (Å²) in [6.45, 7) is 6.53. The number of hydrazine groups is 1. The molecule has 0 unspecified atom stereocenters. The van der Waals surface area contributed by atoms with Gasteiger partial charge in [-0.05, 0) is 20.8 Å². The third-order valence-electron chi connectivity index (χ3n) is 2.62. The van der Waals surface area contributed by atoms with Gasteiger partial charge in [0.1, 0.15) is 11.9 Å². The molecule has 0 aliphatic carbocycles. The van der Waals surface area contributed by atoms with Crippen LogP contribution in [0.1, 0.15) is 20.8 Å². The van der Waals surface area contributed by atoms with E-state index in [0.29, 0.717) is 18.9 Å². The lowest BCUT2D eigenvalue weighted by atomic mass is 10.2. The van der Waals surface area contributed by atoms with E-state index < -0.39 is 11.7 Å². The van der Waals surface area contributed by atoms with E-state index >= 15 is 0 Å². The van der Waals surface area contributed by atoms with E-state index in [4.69, 9.17) is 4.74 Å². The molecule has 0 bridgehead atoms. The molecule has 1 amide bonds. The summed E-state index contributed by atoms with van der Waals surface area (Å²) in [5, 5.41) is 4.38. The molecule has 0 saturated carbocycles. The Morgan fingerprint density at radius 3 is 2.68 bits per heavy atom. The first-order chi connectivity index (χ1) is 10.4. The van der Waals surface area contributed by atoms with Gasteiger partial charge in [-0.25, -0.2) is 15.2 Å². The lowest BCUT2D eigenvalue weighted by Gasteiger charge is -2.19. The maximum Gasteiger partial charge on any atom is 0.422 e. The fraction of sp³-hybridized carbons (Fsp3) is 0.400. The summed E-state index contributed by atoms with van der Waals surface area (Å²) in [6.07, 6.45) is 1.16. The van der Waals surface area contributed by atoms with Crippen molar-refractivity contribution < 1.29 is 9.53 Å². The summed E-state index contributed by atoms with van der Waals surface area (Å²) >= 11 is 0. The minimum absolute atomic E-state index is 0.504. The topological polar surface area (TPSA) is 81.1 Å². The third-order valence-corrected chi connectivity index (χ3v) is 2.62. The van der Waals surface area contributed by atoms with Gasteiger partial charge in [0.25, 0.3) is 0 Å². The second kappa shape index (κ2) is 7.04. The molecule has 0 fully saturated rings. The Labute approximate surface area is 129 Å². The minimum Gasteiger partial charge on any atom is -0.443 e. The van der Waals surface area contributed by atoms with Crippen LogP contribution in [0.15, 0.2) is 36.7 Å².